The van der Waals surface area contributed by atoms with E-state index in [2.05, 4.69) is 20.8 Å². The van der Waals surface area contributed by atoms with Gasteiger partial charge in [0, 0.05) is 31.1 Å². The quantitative estimate of drug-likeness (QED) is 0.661. The summed E-state index contributed by atoms with van der Waals surface area (Å²) in [6.07, 6.45) is 6.79. The van der Waals surface area contributed by atoms with Gasteiger partial charge in [-0.2, -0.15) is 0 Å². The third-order valence-electron chi connectivity index (χ3n) is 9.06. The summed E-state index contributed by atoms with van der Waals surface area (Å²) in [5.41, 5.74) is -0.424. The maximum absolute atomic E-state index is 13.3. The van der Waals surface area contributed by atoms with Gasteiger partial charge in [-0.1, -0.05) is 20.8 Å². The molecule has 0 aromatic carbocycles. The number of carbonyl (C=O) groups excluding carboxylic acids is 3. The van der Waals surface area contributed by atoms with Gasteiger partial charge in [0.1, 0.15) is 17.7 Å². The minimum atomic E-state index is -0.405. The molecule has 0 unspecified atom stereocenters. The summed E-state index contributed by atoms with van der Waals surface area (Å²) in [6, 6.07) is 0. The number of rotatable bonds is 1. The first kappa shape index (κ1) is 18.2. The van der Waals surface area contributed by atoms with Crippen LogP contribution >= 0.6 is 0 Å². The van der Waals surface area contributed by atoms with E-state index in [1.165, 1.54) is 6.92 Å². The highest BCUT2D eigenvalue weighted by Gasteiger charge is 2.66. The van der Waals surface area contributed by atoms with E-state index in [0.29, 0.717) is 36.2 Å². The highest BCUT2D eigenvalue weighted by atomic mass is 16.5. The summed E-state index contributed by atoms with van der Waals surface area (Å²) in [6.45, 7) is 8.15. The lowest BCUT2D eigenvalue weighted by Gasteiger charge is -2.63. The van der Waals surface area contributed by atoms with Crippen LogP contribution in [0, 0.1) is 34.0 Å². The van der Waals surface area contributed by atoms with Crippen LogP contribution in [0.3, 0.4) is 0 Å². The Labute approximate surface area is 156 Å². The van der Waals surface area contributed by atoms with Gasteiger partial charge in [-0.25, -0.2) is 0 Å². The fraction of sp³-hybridized carbons (Fsp3) is 0.864. The molecule has 4 fully saturated rings. The van der Waals surface area contributed by atoms with Crippen LogP contribution in [0.1, 0.15) is 79.1 Å². The lowest BCUT2D eigenvalue weighted by Crippen LogP contribution is -2.61. The van der Waals surface area contributed by atoms with Crippen LogP contribution in [0.5, 0.6) is 0 Å². The van der Waals surface area contributed by atoms with E-state index in [0.717, 1.165) is 38.5 Å². The summed E-state index contributed by atoms with van der Waals surface area (Å²) in [4.78, 5) is 37.3. The van der Waals surface area contributed by atoms with Gasteiger partial charge >= 0.3 is 5.97 Å². The van der Waals surface area contributed by atoms with E-state index in [1.807, 2.05) is 0 Å². The third-order valence-corrected chi connectivity index (χ3v) is 9.06. The van der Waals surface area contributed by atoms with Crippen LogP contribution in [-0.4, -0.2) is 23.6 Å². The molecule has 7 atom stereocenters. The van der Waals surface area contributed by atoms with E-state index in [1.54, 1.807) is 0 Å². The first-order valence-electron chi connectivity index (χ1n) is 10.3. The zero-order chi connectivity index (χ0) is 18.9. The molecule has 4 heteroatoms. The zero-order valence-corrected chi connectivity index (χ0v) is 16.6. The lowest BCUT2D eigenvalue weighted by molar-refractivity contribution is -0.186. The fourth-order valence-electron chi connectivity index (χ4n) is 7.49. The van der Waals surface area contributed by atoms with Crippen LogP contribution in [0.25, 0.3) is 0 Å². The largest absolute Gasteiger partial charge is 0.463 e. The summed E-state index contributed by atoms with van der Waals surface area (Å²) in [7, 11) is 0. The number of ether oxygens (including phenoxy) is 1. The fourth-order valence-corrected chi connectivity index (χ4v) is 7.49. The van der Waals surface area contributed by atoms with Crippen LogP contribution in [0.2, 0.25) is 0 Å². The van der Waals surface area contributed by atoms with Gasteiger partial charge in [0.15, 0.2) is 0 Å². The van der Waals surface area contributed by atoms with Gasteiger partial charge in [0.2, 0.25) is 0 Å². The highest BCUT2D eigenvalue weighted by Crippen LogP contribution is 2.68. The second-order valence-corrected chi connectivity index (χ2v) is 10.3. The molecular weight excluding hydrogens is 328 g/mol. The van der Waals surface area contributed by atoms with Crippen molar-refractivity contribution in [2.45, 2.75) is 85.2 Å². The number of ketones is 2. The minimum Gasteiger partial charge on any atom is -0.463 e. The van der Waals surface area contributed by atoms with Crippen molar-refractivity contribution in [2.24, 2.45) is 34.0 Å². The topological polar surface area (TPSA) is 60.4 Å². The molecule has 26 heavy (non-hydrogen) atoms. The number of hydrogen-bond acceptors (Lipinski definition) is 4. The first-order valence-corrected chi connectivity index (χ1v) is 10.3. The molecule has 4 aliphatic carbocycles. The normalized spacial score (nSPS) is 50.6. The van der Waals surface area contributed by atoms with Crippen LogP contribution in [0.4, 0.5) is 0 Å². The molecule has 4 aliphatic rings. The van der Waals surface area contributed by atoms with Crippen molar-refractivity contribution in [3.63, 3.8) is 0 Å². The molecule has 0 aliphatic heterocycles. The molecule has 0 saturated heterocycles. The number of carbonyl (C=O) groups is 3. The summed E-state index contributed by atoms with van der Waals surface area (Å²) >= 11 is 0. The number of esters is 1. The Morgan fingerprint density at radius 2 is 1.81 bits per heavy atom. The maximum Gasteiger partial charge on any atom is 0.302 e. The van der Waals surface area contributed by atoms with Crippen molar-refractivity contribution in [1.29, 1.82) is 0 Å². The first-order chi connectivity index (χ1) is 12.1. The predicted octanol–water partition coefficient (Wildman–Crippen LogP) is 4.10. The highest BCUT2D eigenvalue weighted by molar-refractivity contribution is 5.95. The van der Waals surface area contributed by atoms with Crippen molar-refractivity contribution in [3.8, 4) is 0 Å². The van der Waals surface area contributed by atoms with E-state index in [-0.39, 0.29) is 28.8 Å². The van der Waals surface area contributed by atoms with Crippen LogP contribution in [0.15, 0.2) is 0 Å². The molecule has 0 aromatic rings. The molecular formula is C22H32O4. The molecule has 0 bridgehead atoms. The monoisotopic (exact) mass is 360 g/mol. The maximum atomic E-state index is 13.3. The molecule has 0 radical (unpaired) electrons. The molecule has 0 amide bonds. The van der Waals surface area contributed by atoms with Crippen LogP contribution in [-0.2, 0) is 19.1 Å². The zero-order valence-electron chi connectivity index (χ0n) is 16.6. The van der Waals surface area contributed by atoms with Crippen molar-refractivity contribution in [3.05, 3.63) is 0 Å². The van der Waals surface area contributed by atoms with E-state index in [9.17, 15) is 14.4 Å². The Morgan fingerprint density at radius 1 is 1.08 bits per heavy atom. The average Bonchev–Trinajstić information content (AvgIpc) is 2.82. The van der Waals surface area contributed by atoms with Gasteiger partial charge < -0.3 is 4.74 Å². The molecule has 4 saturated carbocycles. The van der Waals surface area contributed by atoms with Crippen molar-refractivity contribution < 1.29 is 19.1 Å². The van der Waals surface area contributed by atoms with Gasteiger partial charge in [0.05, 0.1) is 0 Å². The summed E-state index contributed by atoms with van der Waals surface area (Å²) in [5.74, 6) is 1.24. The standard InChI is InChI=1S/C22H32O4/c1-13(23)26-14-7-10-22(4)19-15(8-9-20(22,2)11-14)16-5-6-18(25)21(16,3)12-17(19)24/h14-16,19H,5-12H2,1-4H3/t14-,15+,16-,19+,20+,21+,22-/m1/s1. The van der Waals surface area contributed by atoms with Crippen molar-refractivity contribution in [2.75, 3.05) is 0 Å². The third kappa shape index (κ3) is 2.29. The average molecular weight is 360 g/mol. The van der Waals surface area contributed by atoms with Crippen molar-refractivity contribution >= 4 is 17.5 Å². The number of Topliss-reactive ketones (excluding diaryl/α,β-unsaturated/α-hetero) is 2. The van der Waals surface area contributed by atoms with Gasteiger partial charge in [-0.3, -0.25) is 14.4 Å². The Balaban J connectivity index is 1.66. The van der Waals surface area contributed by atoms with E-state index >= 15 is 0 Å². The summed E-state index contributed by atoms with van der Waals surface area (Å²) < 4.78 is 5.54. The Morgan fingerprint density at radius 3 is 2.50 bits per heavy atom. The number of fused-ring (bicyclic) bond motifs is 5. The van der Waals surface area contributed by atoms with Gasteiger partial charge in [0.25, 0.3) is 0 Å². The molecule has 0 spiro atoms. The molecule has 0 heterocycles. The lowest BCUT2D eigenvalue weighted by atomic mass is 9.40. The second-order valence-electron chi connectivity index (χ2n) is 10.3. The minimum absolute atomic E-state index is 0.0147. The van der Waals surface area contributed by atoms with Crippen molar-refractivity contribution in [1.82, 2.24) is 0 Å². The Bertz CT molecular complexity index is 669. The van der Waals surface area contributed by atoms with E-state index in [4.69, 9.17) is 4.74 Å². The number of hydrogen-bond donors (Lipinski definition) is 0. The van der Waals surface area contributed by atoms with Gasteiger partial charge in [-0.15, -0.1) is 0 Å². The summed E-state index contributed by atoms with van der Waals surface area (Å²) in [5, 5.41) is 0. The van der Waals surface area contributed by atoms with Gasteiger partial charge in [-0.05, 0) is 61.2 Å². The molecule has 4 nitrogen and oxygen atoms in total. The van der Waals surface area contributed by atoms with E-state index < -0.39 is 5.41 Å². The molecule has 4 rings (SSSR count). The molecule has 0 aromatic heterocycles. The van der Waals surface area contributed by atoms with Crippen LogP contribution < -0.4 is 0 Å². The molecule has 0 N–H and O–H groups in total. The SMILES string of the molecule is CC(=O)O[C@@H]1CC[C@]2(C)[C@@H]3C(=O)C[C@]4(C)C(=O)CC[C@@H]4[C@@H]3CC[C@@]2(C)C1. The smallest absolute Gasteiger partial charge is 0.302 e. The second kappa shape index (κ2) is 5.65. The Kier molecular flexibility index (Phi) is 3.95. The molecule has 144 valence electrons. The predicted molar refractivity (Wildman–Crippen MR) is 97.3 cm³/mol. The Hall–Kier alpha value is -1.19.